The van der Waals surface area contributed by atoms with Crippen LogP contribution in [-0.2, 0) is 25.2 Å². The average molecular weight is 902 g/mol. The second kappa shape index (κ2) is 17.8. The number of nitrogen functional groups attached to an aromatic ring is 1. The molecule has 340 valence electrons. The summed E-state index contributed by atoms with van der Waals surface area (Å²) in [5.74, 6) is -2.52. The van der Waals surface area contributed by atoms with Crippen molar-refractivity contribution in [3.8, 4) is 23.2 Å². The number of carbonyl (C=O) groups is 2. The molecular weight excluding hydrogens is 850 g/mol. The van der Waals surface area contributed by atoms with E-state index < -0.39 is 51.7 Å². The van der Waals surface area contributed by atoms with Crippen LogP contribution in [-0.4, -0.2) is 107 Å². The van der Waals surface area contributed by atoms with Crippen molar-refractivity contribution in [3.63, 3.8) is 0 Å². The number of alkyl halides is 3. The summed E-state index contributed by atoms with van der Waals surface area (Å²) in [6.45, 7) is 13.2. The van der Waals surface area contributed by atoms with Gasteiger partial charge in [-0.05, 0) is 97.9 Å². The van der Waals surface area contributed by atoms with Crippen LogP contribution >= 0.6 is 11.3 Å². The number of likely N-dealkylation sites (tertiary alicyclic amines) is 1. The van der Waals surface area contributed by atoms with E-state index in [2.05, 4.69) is 14.9 Å². The van der Waals surface area contributed by atoms with Crippen molar-refractivity contribution in [1.29, 1.82) is 5.26 Å². The fourth-order valence-electron chi connectivity index (χ4n) is 8.75. The van der Waals surface area contributed by atoms with Gasteiger partial charge in [0.1, 0.15) is 46.0 Å². The van der Waals surface area contributed by atoms with Crippen LogP contribution in [0.25, 0.3) is 32.1 Å². The van der Waals surface area contributed by atoms with Gasteiger partial charge in [0.15, 0.2) is 5.82 Å². The number of ether oxygens (including phenoxy) is 4. The first-order chi connectivity index (χ1) is 29.6. The lowest BCUT2D eigenvalue weighted by atomic mass is 9.92. The number of thiophene rings is 1. The molecule has 2 aromatic carbocycles. The number of anilines is 2. The second-order valence-corrected chi connectivity index (χ2v) is 19.3. The van der Waals surface area contributed by atoms with E-state index in [0.717, 1.165) is 37.6 Å². The van der Waals surface area contributed by atoms with Gasteiger partial charge in [0.05, 0.1) is 40.9 Å². The molecule has 0 aliphatic carbocycles. The first-order valence-electron chi connectivity index (χ1n) is 21.1. The molecule has 0 saturated carbocycles. The van der Waals surface area contributed by atoms with E-state index in [4.69, 9.17) is 24.7 Å². The normalized spacial score (nSPS) is 19.6. The SMILES string of the molecule is CC(C)(C)OC(=O)CCOCCCN1CCC[C@H]1COc1nc(N2C[C@@H]3CC[C@@H](C2)N3C(=O)OC(C)(C)C)c2cc(C(F)(F)F)c(-c3ccc(F)c4sc(N)c(C#N)c34)c(F)c2n1. The van der Waals surface area contributed by atoms with Gasteiger partial charge in [0, 0.05) is 48.6 Å². The molecule has 13 nitrogen and oxygen atoms in total. The fourth-order valence-corrected chi connectivity index (χ4v) is 9.70. The summed E-state index contributed by atoms with van der Waals surface area (Å²) in [4.78, 5) is 40.1. The average Bonchev–Trinajstić information content (AvgIpc) is 3.86. The van der Waals surface area contributed by atoms with Crippen LogP contribution in [0.2, 0.25) is 0 Å². The number of piperazine rings is 1. The van der Waals surface area contributed by atoms with Crippen molar-refractivity contribution in [3.05, 3.63) is 41.0 Å². The van der Waals surface area contributed by atoms with Crippen molar-refractivity contribution < 1.29 is 50.5 Å². The molecule has 7 rings (SSSR count). The molecule has 2 aromatic heterocycles. The number of carbonyl (C=O) groups excluding carboxylic acids is 2. The Hall–Kier alpha value is -5.06. The highest BCUT2D eigenvalue weighted by Gasteiger charge is 2.46. The highest BCUT2D eigenvalue weighted by molar-refractivity contribution is 7.23. The molecule has 3 aliphatic rings. The maximum Gasteiger partial charge on any atom is 0.417 e. The standard InChI is InChI=1S/C44H52F5N7O6S/c1-42(2,3)61-32(57)14-18-59-17-8-16-54-15-7-9-26(54)23-60-40-52-36-28(39(53-40)55-21-24-10-11-25(22-55)56(24)41(58)62-43(4,5)6)19-30(44(47,48)49)34(35(36)46)27-12-13-31(45)37-33(27)29(20-50)38(51)63-37/h12-13,19,24-26H,7-11,14-18,21-23,51H2,1-6H3/t24-,25-,26-/m0/s1. The van der Waals surface area contributed by atoms with Gasteiger partial charge >= 0.3 is 24.2 Å². The third-order valence-corrected chi connectivity index (χ3v) is 12.3. The largest absolute Gasteiger partial charge is 0.462 e. The third-order valence-electron chi connectivity index (χ3n) is 11.3. The predicted octanol–water partition coefficient (Wildman–Crippen LogP) is 8.83. The van der Waals surface area contributed by atoms with Crippen LogP contribution in [0.4, 0.5) is 37.6 Å². The number of benzene rings is 2. The molecule has 3 saturated heterocycles. The zero-order valence-electron chi connectivity index (χ0n) is 36.2. The van der Waals surface area contributed by atoms with Gasteiger partial charge in [0.2, 0.25) is 0 Å². The number of hydrogen-bond donors (Lipinski definition) is 1. The Bertz CT molecular complexity index is 2410. The summed E-state index contributed by atoms with van der Waals surface area (Å²) in [7, 11) is 0. The molecular formula is C44H52F5N7O6S. The summed E-state index contributed by atoms with van der Waals surface area (Å²) >= 11 is 0.685. The minimum atomic E-state index is -5.13. The van der Waals surface area contributed by atoms with Gasteiger partial charge in [-0.2, -0.15) is 28.4 Å². The lowest BCUT2D eigenvalue weighted by molar-refractivity contribution is -0.156. The number of hydrogen-bond acceptors (Lipinski definition) is 13. The smallest absolute Gasteiger partial charge is 0.417 e. The molecule has 4 aromatic rings. The molecule has 5 heterocycles. The molecule has 0 unspecified atom stereocenters. The van der Waals surface area contributed by atoms with Gasteiger partial charge in [0.25, 0.3) is 0 Å². The molecule has 0 radical (unpaired) electrons. The van der Waals surface area contributed by atoms with Crippen molar-refractivity contribution >= 4 is 55.2 Å². The van der Waals surface area contributed by atoms with Crippen molar-refractivity contribution in [1.82, 2.24) is 19.8 Å². The van der Waals surface area contributed by atoms with Gasteiger partial charge < -0.3 is 29.6 Å². The lowest BCUT2D eigenvalue weighted by Crippen LogP contribution is -2.57. The zero-order chi connectivity index (χ0) is 45.6. The van der Waals surface area contributed by atoms with Gasteiger partial charge in [-0.1, -0.05) is 6.07 Å². The van der Waals surface area contributed by atoms with Crippen LogP contribution in [0.1, 0.15) is 91.2 Å². The number of aromatic nitrogens is 2. The molecule has 0 spiro atoms. The third kappa shape index (κ3) is 10.0. The molecule has 3 atom stereocenters. The van der Waals surface area contributed by atoms with E-state index in [9.17, 15) is 14.9 Å². The van der Waals surface area contributed by atoms with Crippen LogP contribution in [0.5, 0.6) is 6.01 Å². The van der Waals surface area contributed by atoms with Gasteiger partial charge in [-0.25, -0.2) is 13.6 Å². The first-order valence-corrected chi connectivity index (χ1v) is 21.9. The maximum absolute atomic E-state index is 17.4. The quantitative estimate of drug-likeness (QED) is 0.0820. The first kappa shape index (κ1) is 45.9. The van der Waals surface area contributed by atoms with Crippen LogP contribution in [0, 0.1) is 23.0 Å². The van der Waals surface area contributed by atoms with Crippen LogP contribution in [0.15, 0.2) is 18.2 Å². The van der Waals surface area contributed by atoms with E-state index in [1.807, 2.05) is 6.07 Å². The van der Waals surface area contributed by atoms with Crippen molar-refractivity contribution in [2.45, 2.75) is 116 Å². The topological polar surface area (TPSA) is 156 Å². The fraction of sp³-hybridized carbons (Fsp3) is 0.568. The molecule has 3 aliphatic heterocycles. The monoisotopic (exact) mass is 901 g/mol. The number of nitriles is 1. The van der Waals surface area contributed by atoms with E-state index in [1.54, 1.807) is 51.3 Å². The molecule has 3 fully saturated rings. The predicted molar refractivity (Wildman–Crippen MR) is 227 cm³/mol. The van der Waals surface area contributed by atoms with Gasteiger partial charge in [-0.3, -0.25) is 14.6 Å². The summed E-state index contributed by atoms with van der Waals surface area (Å²) < 4.78 is 101. The molecule has 1 amide bonds. The maximum atomic E-state index is 17.4. The lowest BCUT2D eigenvalue weighted by Gasteiger charge is -2.42. The molecule has 19 heteroatoms. The summed E-state index contributed by atoms with van der Waals surface area (Å²) in [5.41, 5.74) is 1.29. The van der Waals surface area contributed by atoms with Crippen molar-refractivity contribution in [2.75, 3.05) is 56.6 Å². The van der Waals surface area contributed by atoms with Crippen LogP contribution in [0.3, 0.4) is 0 Å². The summed E-state index contributed by atoms with van der Waals surface area (Å²) in [6, 6.07) is 3.49. The zero-order valence-corrected chi connectivity index (χ0v) is 37.0. The highest BCUT2D eigenvalue weighted by atomic mass is 32.1. The Balaban J connectivity index is 1.22. The van der Waals surface area contributed by atoms with E-state index in [1.165, 1.54) is 0 Å². The summed E-state index contributed by atoms with van der Waals surface area (Å²) in [5, 5.41) is 9.35. The Labute approximate surface area is 366 Å². The number of fused-ring (bicyclic) bond motifs is 4. The van der Waals surface area contributed by atoms with E-state index >= 15 is 22.0 Å². The second-order valence-electron chi connectivity index (χ2n) is 18.2. The number of esters is 1. The highest BCUT2D eigenvalue weighted by Crippen LogP contribution is 2.48. The molecule has 2 bridgehead atoms. The molecule has 63 heavy (non-hydrogen) atoms. The van der Waals surface area contributed by atoms with Gasteiger partial charge in [-0.15, -0.1) is 11.3 Å². The Morgan fingerprint density at radius 1 is 0.984 bits per heavy atom. The number of nitrogens with two attached hydrogens (primary N) is 1. The summed E-state index contributed by atoms with van der Waals surface area (Å²) in [6.07, 6.45) is -1.94. The number of halogens is 5. The number of rotatable bonds is 12. The Kier molecular flexibility index (Phi) is 13.0. The minimum absolute atomic E-state index is 0.000224. The van der Waals surface area contributed by atoms with Crippen LogP contribution < -0.4 is 15.4 Å². The molecule has 2 N–H and O–H groups in total. The number of nitrogens with zero attached hydrogens (tertiary/aromatic N) is 6. The van der Waals surface area contributed by atoms with E-state index in [0.29, 0.717) is 43.8 Å². The van der Waals surface area contributed by atoms with Crippen molar-refractivity contribution in [2.24, 2.45) is 0 Å². The Morgan fingerprint density at radius 3 is 2.33 bits per heavy atom. The number of amides is 1. The van der Waals surface area contributed by atoms with E-state index in [-0.39, 0.29) is 100 Å². The Morgan fingerprint density at radius 2 is 1.68 bits per heavy atom. The minimum Gasteiger partial charge on any atom is -0.462 e.